The van der Waals surface area contributed by atoms with Crippen molar-refractivity contribution in [2.24, 2.45) is 5.92 Å². The number of piperidine rings is 1. The maximum absolute atomic E-state index is 12.3. The maximum Gasteiger partial charge on any atom is 0.223 e. The van der Waals surface area contributed by atoms with Gasteiger partial charge in [-0.05, 0) is 51.8 Å². The van der Waals surface area contributed by atoms with Crippen molar-refractivity contribution in [2.45, 2.75) is 58.4 Å². The Bertz CT molecular complexity index is 573. The molecule has 3 rings (SSSR count). The molecule has 26 heavy (non-hydrogen) atoms. The molecule has 2 saturated heterocycles. The van der Waals surface area contributed by atoms with Gasteiger partial charge in [0.1, 0.15) is 5.82 Å². The van der Waals surface area contributed by atoms with Crippen molar-refractivity contribution in [3.05, 3.63) is 23.9 Å². The Morgan fingerprint density at radius 2 is 2.04 bits per heavy atom. The molecule has 4 atom stereocenters. The first-order chi connectivity index (χ1) is 12.0. The molecule has 2 unspecified atom stereocenters. The summed E-state index contributed by atoms with van der Waals surface area (Å²) in [7, 11) is 0. The Kier molecular flexibility index (Phi) is 7.68. The maximum atomic E-state index is 12.3. The molecular formula is C19H31ClN4O2. The van der Waals surface area contributed by atoms with Gasteiger partial charge in [0.05, 0.1) is 12.2 Å². The quantitative estimate of drug-likeness (QED) is 0.835. The van der Waals surface area contributed by atoms with Crippen molar-refractivity contribution in [3.8, 4) is 0 Å². The zero-order chi connectivity index (χ0) is 17.8. The summed E-state index contributed by atoms with van der Waals surface area (Å²) in [5.74, 6) is 1.26. The van der Waals surface area contributed by atoms with E-state index in [-0.39, 0.29) is 36.4 Å². The van der Waals surface area contributed by atoms with Crippen LogP contribution in [0.4, 0.5) is 5.82 Å². The Hall–Kier alpha value is -1.37. The molecule has 2 fully saturated rings. The summed E-state index contributed by atoms with van der Waals surface area (Å²) in [6.45, 7) is 9.51. The predicted octanol–water partition coefficient (Wildman–Crippen LogP) is 2.12. The highest BCUT2D eigenvalue weighted by Gasteiger charge is 2.25. The third-order valence-electron chi connectivity index (χ3n) is 5.01. The molecule has 3 heterocycles. The van der Waals surface area contributed by atoms with Gasteiger partial charge in [0.2, 0.25) is 5.91 Å². The standard InChI is InChI=1S/C19H30N4O2.ClH/c1-13-8-17(6-7-20-13)19(24)22-10-16-4-5-18(21-9-16)23-11-14(2)25-15(3)12-23;/h4-5,9,13-15,17,20H,6-8,10-12H2,1-3H3,(H,22,24);1H/t13-,14?,15?,17-;/m0./s1. The summed E-state index contributed by atoms with van der Waals surface area (Å²) in [5, 5.41) is 6.44. The van der Waals surface area contributed by atoms with Crippen molar-refractivity contribution < 1.29 is 9.53 Å². The van der Waals surface area contributed by atoms with Crippen molar-refractivity contribution in [1.82, 2.24) is 15.6 Å². The minimum Gasteiger partial charge on any atom is -0.372 e. The number of ether oxygens (including phenoxy) is 1. The fraction of sp³-hybridized carbons (Fsp3) is 0.684. The zero-order valence-electron chi connectivity index (χ0n) is 15.9. The minimum absolute atomic E-state index is 0. The van der Waals surface area contributed by atoms with Crippen LogP contribution in [0.25, 0.3) is 0 Å². The van der Waals surface area contributed by atoms with Gasteiger partial charge in [-0.3, -0.25) is 4.79 Å². The predicted molar refractivity (Wildman–Crippen MR) is 106 cm³/mol. The Morgan fingerprint density at radius 1 is 1.31 bits per heavy atom. The van der Waals surface area contributed by atoms with Crippen molar-refractivity contribution in [1.29, 1.82) is 0 Å². The fourth-order valence-corrected chi connectivity index (χ4v) is 3.78. The van der Waals surface area contributed by atoms with E-state index in [1.54, 1.807) is 0 Å². The molecule has 1 aromatic heterocycles. The van der Waals surface area contributed by atoms with Crippen LogP contribution >= 0.6 is 12.4 Å². The van der Waals surface area contributed by atoms with Crippen LogP contribution in [0.2, 0.25) is 0 Å². The molecule has 0 aromatic carbocycles. The van der Waals surface area contributed by atoms with Crippen LogP contribution in [0, 0.1) is 5.92 Å². The lowest BCUT2D eigenvalue weighted by atomic mass is 9.92. The number of nitrogens with zero attached hydrogens (tertiary/aromatic N) is 2. The van der Waals surface area contributed by atoms with E-state index in [0.717, 1.165) is 43.9 Å². The number of hydrogen-bond acceptors (Lipinski definition) is 5. The number of aromatic nitrogens is 1. The van der Waals surface area contributed by atoms with Crippen molar-refractivity contribution >= 4 is 24.1 Å². The van der Waals surface area contributed by atoms with Crippen LogP contribution in [0.15, 0.2) is 18.3 Å². The summed E-state index contributed by atoms with van der Waals surface area (Å²) >= 11 is 0. The van der Waals surface area contributed by atoms with Crippen LogP contribution in [-0.2, 0) is 16.1 Å². The monoisotopic (exact) mass is 382 g/mol. The normalized spacial score (nSPS) is 29.0. The molecule has 1 amide bonds. The molecule has 146 valence electrons. The Morgan fingerprint density at radius 3 is 2.65 bits per heavy atom. The number of nitrogens with one attached hydrogen (secondary N) is 2. The van der Waals surface area contributed by atoms with Gasteiger partial charge in [-0.2, -0.15) is 0 Å². The van der Waals surface area contributed by atoms with E-state index in [0.29, 0.717) is 12.6 Å². The van der Waals surface area contributed by atoms with E-state index in [9.17, 15) is 4.79 Å². The summed E-state index contributed by atoms with van der Waals surface area (Å²) in [5.41, 5.74) is 1.04. The van der Waals surface area contributed by atoms with E-state index in [1.807, 2.05) is 12.3 Å². The number of carbonyl (C=O) groups excluding carboxylic acids is 1. The molecule has 0 saturated carbocycles. The highest BCUT2D eigenvalue weighted by Crippen LogP contribution is 2.19. The lowest BCUT2D eigenvalue weighted by Gasteiger charge is -2.36. The molecule has 0 radical (unpaired) electrons. The number of halogens is 1. The number of rotatable bonds is 4. The molecule has 0 aliphatic carbocycles. The molecule has 7 heteroatoms. The van der Waals surface area contributed by atoms with Gasteiger partial charge in [-0.15, -0.1) is 12.4 Å². The zero-order valence-corrected chi connectivity index (χ0v) is 16.7. The van der Waals surface area contributed by atoms with E-state index < -0.39 is 0 Å². The Labute approximate surface area is 162 Å². The van der Waals surface area contributed by atoms with Gasteiger partial charge in [0.15, 0.2) is 0 Å². The number of pyridine rings is 1. The lowest BCUT2D eigenvalue weighted by Crippen LogP contribution is -2.45. The van der Waals surface area contributed by atoms with Gasteiger partial charge >= 0.3 is 0 Å². The van der Waals surface area contributed by atoms with Crippen molar-refractivity contribution in [3.63, 3.8) is 0 Å². The van der Waals surface area contributed by atoms with E-state index in [4.69, 9.17) is 4.74 Å². The molecular weight excluding hydrogens is 352 g/mol. The first kappa shape index (κ1) is 20.9. The Balaban J connectivity index is 0.00000243. The second kappa shape index (κ2) is 9.53. The SMILES string of the molecule is CC1CN(c2ccc(CNC(=O)[C@H]3CCN[C@@H](C)C3)cn2)CC(C)O1.Cl. The molecule has 2 N–H and O–H groups in total. The second-order valence-corrected chi connectivity index (χ2v) is 7.48. The van der Waals surface area contributed by atoms with Gasteiger partial charge in [0.25, 0.3) is 0 Å². The van der Waals surface area contributed by atoms with E-state index in [2.05, 4.69) is 47.4 Å². The molecule has 2 aliphatic heterocycles. The van der Waals surface area contributed by atoms with Gasteiger partial charge in [-0.1, -0.05) is 6.07 Å². The highest BCUT2D eigenvalue weighted by molar-refractivity contribution is 5.85. The number of carbonyl (C=O) groups is 1. The first-order valence-corrected chi connectivity index (χ1v) is 9.37. The first-order valence-electron chi connectivity index (χ1n) is 9.37. The summed E-state index contributed by atoms with van der Waals surface area (Å²) in [6, 6.07) is 4.51. The smallest absolute Gasteiger partial charge is 0.223 e. The highest BCUT2D eigenvalue weighted by atomic mass is 35.5. The number of anilines is 1. The molecule has 6 nitrogen and oxygen atoms in total. The van der Waals surface area contributed by atoms with E-state index in [1.165, 1.54) is 0 Å². The number of amides is 1. The second-order valence-electron chi connectivity index (χ2n) is 7.48. The molecule has 0 bridgehead atoms. The van der Waals surface area contributed by atoms with Gasteiger partial charge in [-0.25, -0.2) is 4.98 Å². The average Bonchev–Trinajstić information content (AvgIpc) is 2.59. The molecule has 2 aliphatic rings. The summed E-state index contributed by atoms with van der Waals surface area (Å²) in [6.07, 6.45) is 4.14. The molecule has 0 spiro atoms. The van der Waals surface area contributed by atoms with E-state index >= 15 is 0 Å². The number of hydrogen-bond donors (Lipinski definition) is 2. The van der Waals surface area contributed by atoms with Crippen molar-refractivity contribution in [2.75, 3.05) is 24.5 Å². The fourth-order valence-electron chi connectivity index (χ4n) is 3.78. The largest absolute Gasteiger partial charge is 0.372 e. The van der Waals surface area contributed by atoms with Gasteiger partial charge in [0, 0.05) is 37.8 Å². The topological polar surface area (TPSA) is 66.5 Å². The number of morpholine rings is 1. The van der Waals surface area contributed by atoms with Crippen LogP contribution in [0.1, 0.15) is 39.2 Å². The summed E-state index contributed by atoms with van der Waals surface area (Å²) < 4.78 is 5.77. The minimum atomic E-state index is 0. The van der Waals surface area contributed by atoms with Crippen LogP contribution in [-0.4, -0.2) is 48.8 Å². The summed E-state index contributed by atoms with van der Waals surface area (Å²) in [4.78, 5) is 19.2. The van der Waals surface area contributed by atoms with Gasteiger partial charge < -0.3 is 20.3 Å². The molecule has 1 aromatic rings. The third kappa shape index (κ3) is 5.56. The van der Waals surface area contributed by atoms with Crippen LogP contribution in [0.5, 0.6) is 0 Å². The average molecular weight is 383 g/mol. The lowest BCUT2D eigenvalue weighted by molar-refractivity contribution is -0.126. The third-order valence-corrected chi connectivity index (χ3v) is 5.01. The van der Waals surface area contributed by atoms with Crippen LogP contribution in [0.3, 0.4) is 0 Å². The van der Waals surface area contributed by atoms with Crippen LogP contribution < -0.4 is 15.5 Å².